The molecule has 38 valence electrons. The molecule has 0 saturated heterocycles. The molecule has 0 aliphatic rings. The zero-order chi connectivity index (χ0) is 5.70. The van der Waals surface area contributed by atoms with E-state index in [4.69, 9.17) is 5.11 Å². The lowest BCUT2D eigenvalue weighted by atomic mass is 10.7. The Morgan fingerprint density at radius 3 is 2.71 bits per heavy atom. The smallest absolute Gasteiger partial charge is 0.345 e. The summed E-state index contributed by atoms with van der Waals surface area (Å²) in [7, 11) is 0. The maximum absolute atomic E-state index is 9.80. The number of aliphatic hydroxyl groups is 1. The highest BCUT2D eigenvalue weighted by Crippen LogP contribution is 1.67. The standard InChI is InChI=1S/C4H4O3/c1-2-7-4(6)3-5/h1,5H,3H2. The average molecular weight is 100 g/mol. The van der Waals surface area contributed by atoms with E-state index < -0.39 is 12.6 Å². The first-order valence-corrected chi connectivity index (χ1v) is 1.57. The lowest BCUT2D eigenvalue weighted by Crippen LogP contribution is -2.03. The Balaban J connectivity index is 3.23. The minimum Gasteiger partial charge on any atom is -0.385 e. The molecule has 0 aromatic rings. The number of terminal acetylenes is 1. The Kier molecular flexibility index (Phi) is 2.73. The summed E-state index contributed by atoms with van der Waals surface area (Å²) in [5, 5.41) is 7.90. The van der Waals surface area contributed by atoms with E-state index in [1.54, 1.807) is 6.11 Å². The van der Waals surface area contributed by atoms with E-state index in [0.29, 0.717) is 0 Å². The SMILES string of the molecule is C#COC(=O)CO. The van der Waals surface area contributed by atoms with Gasteiger partial charge in [-0.3, -0.25) is 0 Å². The van der Waals surface area contributed by atoms with Crippen LogP contribution < -0.4 is 0 Å². The molecule has 0 rings (SSSR count). The van der Waals surface area contributed by atoms with Gasteiger partial charge in [0.15, 0.2) is 0 Å². The Morgan fingerprint density at radius 2 is 2.57 bits per heavy atom. The Morgan fingerprint density at radius 1 is 2.00 bits per heavy atom. The Bertz CT molecular complexity index is 100.0. The van der Waals surface area contributed by atoms with Gasteiger partial charge in [-0.2, -0.15) is 0 Å². The summed E-state index contributed by atoms with van der Waals surface area (Å²) < 4.78 is 3.83. The molecule has 3 nitrogen and oxygen atoms in total. The second kappa shape index (κ2) is 3.19. The molecule has 0 atom stereocenters. The van der Waals surface area contributed by atoms with Gasteiger partial charge in [-0.1, -0.05) is 6.42 Å². The monoisotopic (exact) mass is 100 g/mol. The highest BCUT2D eigenvalue weighted by Gasteiger charge is 1.92. The van der Waals surface area contributed by atoms with E-state index in [1.807, 2.05) is 0 Å². The molecular formula is C4H4O3. The van der Waals surface area contributed by atoms with Crippen molar-refractivity contribution >= 4 is 5.97 Å². The number of ether oxygens (including phenoxy) is 1. The van der Waals surface area contributed by atoms with Crippen LogP contribution in [-0.2, 0) is 9.53 Å². The minimum absolute atomic E-state index is 0.663. The Hall–Kier alpha value is -1.01. The van der Waals surface area contributed by atoms with Gasteiger partial charge >= 0.3 is 5.97 Å². The minimum atomic E-state index is -0.803. The molecule has 0 aliphatic heterocycles. The second-order valence-electron chi connectivity index (χ2n) is 0.750. The molecule has 0 aromatic carbocycles. The zero-order valence-corrected chi connectivity index (χ0v) is 3.55. The third kappa shape index (κ3) is 2.80. The van der Waals surface area contributed by atoms with Crippen LogP contribution in [0.2, 0.25) is 0 Å². The zero-order valence-electron chi connectivity index (χ0n) is 3.55. The van der Waals surface area contributed by atoms with E-state index in [-0.39, 0.29) is 0 Å². The topological polar surface area (TPSA) is 46.5 Å². The van der Waals surface area contributed by atoms with Gasteiger partial charge in [0.1, 0.15) is 12.7 Å². The highest BCUT2D eigenvalue weighted by molar-refractivity contribution is 5.71. The molecule has 7 heavy (non-hydrogen) atoms. The van der Waals surface area contributed by atoms with Gasteiger partial charge in [0.05, 0.1) is 0 Å². The molecule has 3 heteroatoms. The Labute approximate surface area is 40.9 Å². The largest absolute Gasteiger partial charge is 0.385 e. The summed E-state index contributed by atoms with van der Waals surface area (Å²) in [6.07, 6.45) is 6.11. The van der Waals surface area contributed by atoms with Crippen molar-refractivity contribution in [1.29, 1.82) is 0 Å². The van der Waals surface area contributed by atoms with Gasteiger partial charge in [-0.25, -0.2) is 4.79 Å². The van der Waals surface area contributed by atoms with Crippen molar-refractivity contribution in [1.82, 2.24) is 0 Å². The van der Waals surface area contributed by atoms with Crippen molar-refractivity contribution in [3.05, 3.63) is 0 Å². The summed E-state index contributed by atoms with van der Waals surface area (Å²) in [6.45, 7) is -0.663. The fourth-order valence-corrected chi connectivity index (χ4v) is 0.0980. The maximum atomic E-state index is 9.80. The lowest BCUT2D eigenvalue weighted by Gasteiger charge is -1.84. The molecule has 0 spiro atoms. The number of aliphatic hydroxyl groups excluding tert-OH is 1. The molecule has 0 radical (unpaired) electrons. The third-order valence-corrected chi connectivity index (χ3v) is 0.302. The predicted molar refractivity (Wildman–Crippen MR) is 22.0 cm³/mol. The van der Waals surface area contributed by atoms with Crippen LogP contribution in [-0.4, -0.2) is 17.7 Å². The fourth-order valence-electron chi connectivity index (χ4n) is 0.0980. The molecule has 0 amide bonds. The van der Waals surface area contributed by atoms with Crippen LogP contribution in [0.4, 0.5) is 0 Å². The molecule has 1 N–H and O–H groups in total. The first kappa shape index (κ1) is 5.99. The highest BCUT2D eigenvalue weighted by atomic mass is 16.5. The molecule has 0 heterocycles. The van der Waals surface area contributed by atoms with Gasteiger partial charge in [0, 0.05) is 0 Å². The summed E-state index contributed by atoms with van der Waals surface area (Å²) >= 11 is 0. The normalized spacial score (nSPS) is 6.86. The van der Waals surface area contributed by atoms with Crippen LogP contribution in [0.1, 0.15) is 0 Å². The number of hydrogen-bond donors (Lipinski definition) is 1. The van der Waals surface area contributed by atoms with Crippen LogP contribution in [0.25, 0.3) is 0 Å². The van der Waals surface area contributed by atoms with Gasteiger partial charge in [-0.15, -0.1) is 0 Å². The molecule has 0 fully saturated rings. The molecular weight excluding hydrogens is 96.0 g/mol. The van der Waals surface area contributed by atoms with Gasteiger partial charge in [0.2, 0.25) is 0 Å². The van der Waals surface area contributed by atoms with Gasteiger partial charge in [0.25, 0.3) is 0 Å². The van der Waals surface area contributed by atoms with E-state index in [0.717, 1.165) is 0 Å². The molecule has 0 unspecified atom stereocenters. The number of carbonyl (C=O) groups is 1. The maximum Gasteiger partial charge on any atom is 0.345 e. The summed E-state index contributed by atoms with van der Waals surface area (Å²) in [6, 6.07) is 0. The van der Waals surface area contributed by atoms with Crippen molar-refractivity contribution in [2.75, 3.05) is 6.61 Å². The van der Waals surface area contributed by atoms with Gasteiger partial charge < -0.3 is 9.84 Å². The van der Waals surface area contributed by atoms with E-state index >= 15 is 0 Å². The van der Waals surface area contributed by atoms with Crippen LogP contribution in [0, 0.1) is 12.5 Å². The van der Waals surface area contributed by atoms with Crippen LogP contribution in [0.5, 0.6) is 0 Å². The van der Waals surface area contributed by atoms with Gasteiger partial charge in [-0.05, 0) is 0 Å². The van der Waals surface area contributed by atoms with Crippen molar-refractivity contribution in [2.24, 2.45) is 0 Å². The quantitative estimate of drug-likeness (QED) is 0.343. The van der Waals surface area contributed by atoms with Crippen molar-refractivity contribution in [2.45, 2.75) is 0 Å². The summed E-state index contributed by atoms with van der Waals surface area (Å²) in [5.41, 5.74) is 0. The van der Waals surface area contributed by atoms with Crippen LogP contribution in [0.15, 0.2) is 0 Å². The first-order valence-electron chi connectivity index (χ1n) is 1.57. The van der Waals surface area contributed by atoms with E-state index in [1.165, 1.54) is 0 Å². The number of esters is 1. The second-order valence-corrected chi connectivity index (χ2v) is 0.750. The van der Waals surface area contributed by atoms with Crippen molar-refractivity contribution in [3.63, 3.8) is 0 Å². The first-order chi connectivity index (χ1) is 3.31. The lowest BCUT2D eigenvalue weighted by molar-refractivity contribution is -0.139. The molecule has 0 saturated carbocycles. The van der Waals surface area contributed by atoms with Crippen molar-refractivity contribution < 1.29 is 14.6 Å². The fraction of sp³-hybridized carbons (Fsp3) is 0.250. The third-order valence-electron chi connectivity index (χ3n) is 0.302. The van der Waals surface area contributed by atoms with Crippen molar-refractivity contribution in [3.8, 4) is 12.5 Å². The van der Waals surface area contributed by atoms with Crippen LogP contribution >= 0.6 is 0 Å². The summed E-state index contributed by atoms with van der Waals surface area (Å²) in [5.74, 6) is -0.803. The number of rotatable bonds is 1. The molecule has 0 aromatic heterocycles. The predicted octanol–water partition coefficient (Wildman–Crippen LogP) is -0.887. The van der Waals surface area contributed by atoms with Crippen LogP contribution in [0.3, 0.4) is 0 Å². The molecule has 0 bridgehead atoms. The number of carbonyl (C=O) groups excluding carboxylic acids is 1. The number of hydrogen-bond acceptors (Lipinski definition) is 3. The average Bonchev–Trinajstić information content (AvgIpc) is 1.68. The van der Waals surface area contributed by atoms with E-state index in [2.05, 4.69) is 11.2 Å². The summed E-state index contributed by atoms with van der Waals surface area (Å²) in [4.78, 5) is 9.80. The molecule has 0 aliphatic carbocycles. The van der Waals surface area contributed by atoms with E-state index in [9.17, 15) is 4.79 Å².